The summed E-state index contributed by atoms with van der Waals surface area (Å²) in [7, 11) is 0. The van der Waals surface area contributed by atoms with Crippen LogP contribution in [-0.2, 0) is 19.1 Å². The average Bonchev–Trinajstić information content (AvgIpc) is 2.89. The van der Waals surface area contributed by atoms with Gasteiger partial charge in [-0.25, -0.2) is 19.2 Å². The van der Waals surface area contributed by atoms with Gasteiger partial charge in [0.2, 0.25) is 0 Å². The van der Waals surface area contributed by atoms with Crippen molar-refractivity contribution in [3.63, 3.8) is 0 Å². The normalized spacial score (nSPS) is 10.3. The van der Waals surface area contributed by atoms with E-state index in [1.165, 1.54) is 0 Å². The van der Waals surface area contributed by atoms with E-state index in [2.05, 4.69) is 34.4 Å². The fourth-order valence-electron chi connectivity index (χ4n) is 2.76. The molecule has 10 heteroatoms. The first-order chi connectivity index (χ1) is 18.1. The molecule has 4 amide bonds. The van der Waals surface area contributed by atoms with E-state index in [-0.39, 0.29) is 26.3 Å². The summed E-state index contributed by atoms with van der Waals surface area (Å²) in [5, 5.41) is 10.6. The number of anilines is 2. The smallest absolute Gasteiger partial charge is 0.333 e. The number of hydrogen-bond acceptors (Lipinski definition) is 6. The first kappa shape index (κ1) is 29.4. The Balaban J connectivity index is 1.73. The molecule has 0 spiro atoms. The second-order valence-corrected chi connectivity index (χ2v) is 8.17. The maximum atomic E-state index is 11.9. The number of amides is 4. The number of esters is 2. The summed E-state index contributed by atoms with van der Waals surface area (Å²) in [5.41, 5.74) is 3.68. The van der Waals surface area contributed by atoms with Gasteiger partial charge in [-0.05, 0) is 49.2 Å². The van der Waals surface area contributed by atoms with Gasteiger partial charge in [0, 0.05) is 22.5 Å². The minimum absolute atomic E-state index is 0.0574. The van der Waals surface area contributed by atoms with Gasteiger partial charge in [0.25, 0.3) is 0 Å². The lowest BCUT2D eigenvalue weighted by Gasteiger charge is -2.09. The molecule has 0 fully saturated rings. The Kier molecular flexibility index (Phi) is 11.8. The fraction of sp³-hybridized carbons (Fsp3) is 0.214. The van der Waals surface area contributed by atoms with Gasteiger partial charge in [0.1, 0.15) is 13.2 Å². The van der Waals surface area contributed by atoms with E-state index < -0.39 is 24.0 Å². The molecule has 0 saturated carbocycles. The molecule has 4 N–H and O–H groups in total. The topological polar surface area (TPSA) is 135 Å². The zero-order valence-corrected chi connectivity index (χ0v) is 21.5. The monoisotopic (exact) mass is 520 g/mol. The van der Waals surface area contributed by atoms with Crippen molar-refractivity contribution in [2.45, 2.75) is 13.8 Å². The van der Waals surface area contributed by atoms with Crippen LogP contribution in [0.5, 0.6) is 0 Å². The van der Waals surface area contributed by atoms with E-state index in [0.29, 0.717) is 22.5 Å². The van der Waals surface area contributed by atoms with Crippen molar-refractivity contribution in [2.75, 3.05) is 36.9 Å². The number of benzene rings is 2. The molecule has 10 nitrogen and oxygen atoms in total. The summed E-state index contributed by atoms with van der Waals surface area (Å²) < 4.78 is 9.82. The second kappa shape index (κ2) is 15.3. The van der Waals surface area contributed by atoms with Gasteiger partial charge in [0.05, 0.1) is 13.1 Å². The summed E-state index contributed by atoms with van der Waals surface area (Å²) in [5.74, 6) is -0.994. The standard InChI is InChI=1S/C28H32N4O6/c1-19(2)25(33)37-17-15-29-27(35)31-23-11-7-21(8-12-23)5-6-22-9-13-24(14-10-22)32-28(36)30-16-18-38-26(34)20(3)4/h5-14H,1,3,15-18H2,2,4H3,(H2,29,31,35)(H2,30,32,36)/b6-5+. The molecule has 0 aliphatic rings. The lowest BCUT2D eigenvalue weighted by molar-refractivity contribution is -0.139. The molecule has 0 aliphatic heterocycles. The van der Waals surface area contributed by atoms with Gasteiger partial charge >= 0.3 is 24.0 Å². The molecule has 2 rings (SSSR count). The molecule has 0 aliphatic carbocycles. The van der Waals surface area contributed by atoms with Crippen LogP contribution in [0.25, 0.3) is 12.2 Å². The number of rotatable bonds is 12. The minimum atomic E-state index is -0.497. The van der Waals surface area contributed by atoms with Gasteiger partial charge in [0.15, 0.2) is 0 Å². The van der Waals surface area contributed by atoms with E-state index in [9.17, 15) is 19.2 Å². The quantitative estimate of drug-likeness (QED) is 0.142. The van der Waals surface area contributed by atoms with Crippen LogP contribution >= 0.6 is 0 Å². The number of urea groups is 2. The van der Waals surface area contributed by atoms with Crippen LogP contribution in [0.2, 0.25) is 0 Å². The van der Waals surface area contributed by atoms with Crippen molar-refractivity contribution in [2.24, 2.45) is 0 Å². The number of ether oxygens (including phenoxy) is 2. The van der Waals surface area contributed by atoms with Crippen LogP contribution < -0.4 is 21.3 Å². The van der Waals surface area contributed by atoms with Gasteiger partial charge < -0.3 is 30.7 Å². The Bertz CT molecular complexity index is 1090. The summed E-state index contributed by atoms with van der Waals surface area (Å²) in [6.07, 6.45) is 3.84. The van der Waals surface area contributed by atoms with Gasteiger partial charge in [-0.15, -0.1) is 0 Å². The van der Waals surface area contributed by atoms with Crippen molar-refractivity contribution in [1.29, 1.82) is 0 Å². The van der Waals surface area contributed by atoms with E-state index >= 15 is 0 Å². The predicted molar refractivity (Wildman–Crippen MR) is 147 cm³/mol. The zero-order valence-electron chi connectivity index (χ0n) is 21.5. The molecule has 0 radical (unpaired) electrons. The van der Waals surface area contributed by atoms with E-state index in [0.717, 1.165) is 11.1 Å². The van der Waals surface area contributed by atoms with Crippen LogP contribution in [0.15, 0.2) is 72.8 Å². The third kappa shape index (κ3) is 11.3. The zero-order chi connectivity index (χ0) is 27.9. The highest BCUT2D eigenvalue weighted by Gasteiger charge is 2.06. The number of carbonyl (C=O) groups excluding carboxylic acids is 4. The van der Waals surface area contributed by atoms with Gasteiger partial charge in [-0.3, -0.25) is 0 Å². The lowest BCUT2D eigenvalue weighted by atomic mass is 10.1. The number of hydrogen-bond donors (Lipinski definition) is 4. The predicted octanol–water partition coefficient (Wildman–Crippen LogP) is 4.34. The summed E-state index contributed by atoms with van der Waals surface area (Å²) in [6.45, 7) is 10.5. The summed E-state index contributed by atoms with van der Waals surface area (Å²) in [6, 6.07) is 13.7. The molecular weight excluding hydrogens is 488 g/mol. The van der Waals surface area contributed by atoms with E-state index in [1.807, 2.05) is 36.4 Å². The van der Waals surface area contributed by atoms with Crippen LogP contribution in [0.4, 0.5) is 21.0 Å². The molecule has 2 aromatic rings. The largest absolute Gasteiger partial charge is 0.460 e. The van der Waals surface area contributed by atoms with Crippen molar-refractivity contribution >= 4 is 47.5 Å². The third-order valence-electron chi connectivity index (χ3n) is 4.74. The van der Waals surface area contributed by atoms with Crippen molar-refractivity contribution in [1.82, 2.24) is 10.6 Å². The van der Waals surface area contributed by atoms with E-state index in [4.69, 9.17) is 9.47 Å². The molecule has 0 heterocycles. The first-order valence-corrected chi connectivity index (χ1v) is 11.8. The Morgan fingerprint density at radius 1 is 0.658 bits per heavy atom. The molecule has 200 valence electrons. The fourth-order valence-corrected chi connectivity index (χ4v) is 2.76. The van der Waals surface area contributed by atoms with E-state index in [1.54, 1.807) is 38.1 Å². The molecule has 38 heavy (non-hydrogen) atoms. The maximum absolute atomic E-state index is 11.9. The molecular formula is C28H32N4O6. The molecule has 0 bridgehead atoms. The van der Waals surface area contributed by atoms with Gasteiger partial charge in [-0.1, -0.05) is 49.6 Å². The number of carbonyl (C=O) groups is 4. The Hall–Kier alpha value is -4.86. The third-order valence-corrected chi connectivity index (χ3v) is 4.74. The highest BCUT2D eigenvalue weighted by molar-refractivity contribution is 5.90. The van der Waals surface area contributed by atoms with Crippen LogP contribution in [0.3, 0.4) is 0 Å². The highest BCUT2D eigenvalue weighted by Crippen LogP contribution is 2.15. The van der Waals surface area contributed by atoms with Gasteiger partial charge in [-0.2, -0.15) is 0 Å². The maximum Gasteiger partial charge on any atom is 0.333 e. The Morgan fingerprint density at radius 3 is 1.32 bits per heavy atom. The van der Waals surface area contributed by atoms with Crippen LogP contribution in [-0.4, -0.2) is 50.3 Å². The van der Waals surface area contributed by atoms with Crippen LogP contribution in [0.1, 0.15) is 25.0 Å². The van der Waals surface area contributed by atoms with Crippen molar-refractivity contribution in [3.05, 3.63) is 84.0 Å². The SMILES string of the molecule is C=C(C)C(=O)OCCNC(=O)Nc1ccc(/C=C/c2ccc(NC(=O)NCCOC(=O)C(=C)C)cc2)cc1. The van der Waals surface area contributed by atoms with Crippen molar-refractivity contribution < 1.29 is 28.7 Å². The first-order valence-electron chi connectivity index (χ1n) is 11.8. The summed E-state index contributed by atoms with van der Waals surface area (Å²) in [4.78, 5) is 46.5. The Morgan fingerprint density at radius 2 is 1.00 bits per heavy atom. The van der Waals surface area contributed by atoms with Crippen molar-refractivity contribution in [3.8, 4) is 0 Å². The molecule has 0 atom stereocenters. The number of nitrogens with one attached hydrogen (secondary N) is 4. The summed E-state index contributed by atoms with van der Waals surface area (Å²) >= 11 is 0. The average molecular weight is 521 g/mol. The Labute approximate surface area is 221 Å². The molecule has 0 saturated heterocycles. The lowest BCUT2D eigenvalue weighted by Crippen LogP contribution is -2.32. The molecule has 0 unspecified atom stereocenters. The molecule has 2 aromatic carbocycles. The highest BCUT2D eigenvalue weighted by atomic mass is 16.5. The minimum Gasteiger partial charge on any atom is -0.460 e. The molecule has 0 aromatic heterocycles. The second-order valence-electron chi connectivity index (χ2n) is 8.17. The van der Waals surface area contributed by atoms with Crippen LogP contribution in [0, 0.1) is 0 Å².